The van der Waals surface area contributed by atoms with E-state index in [4.69, 9.17) is 5.11 Å². The molecule has 0 rings (SSSR count). The number of nitrogens with zero attached hydrogens (tertiary/aromatic N) is 1. The molecule has 2 amide bonds. The molecule has 0 aliphatic heterocycles. The van der Waals surface area contributed by atoms with Gasteiger partial charge in [0, 0.05) is 12.6 Å². The summed E-state index contributed by atoms with van der Waals surface area (Å²) in [5.74, 6) is -1.17. The molecule has 0 fully saturated rings. The summed E-state index contributed by atoms with van der Waals surface area (Å²) in [5, 5.41) is 14.1. The van der Waals surface area contributed by atoms with Gasteiger partial charge in [0.2, 0.25) is 0 Å². The van der Waals surface area contributed by atoms with Gasteiger partial charge in [-0.3, -0.25) is 0 Å². The molecule has 6 nitrogen and oxygen atoms in total. The van der Waals surface area contributed by atoms with E-state index in [2.05, 4.69) is 10.6 Å². The monoisotopic (exact) mass is 245 g/mol. The van der Waals surface area contributed by atoms with Crippen LogP contribution in [0.25, 0.3) is 0 Å². The van der Waals surface area contributed by atoms with Crippen molar-refractivity contribution in [1.82, 2.24) is 15.5 Å². The maximum atomic E-state index is 11.6. The van der Waals surface area contributed by atoms with Crippen LogP contribution in [0.5, 0.6) is 0 Å². The highest BCUT2D eigenvalue weighted by Gasteiger charge is 2.23. The van der Waals surface area contributed by atoms with Crippen molar-refractivity contribution in [3.63, 3.8) is 0 Å². The van der Waals surface area contributed by atoms with Crippen LogP contribution in [0.2, 0.25) is 0 Å². The zero-order chi connectivity index (χ0) is 13.6. The third-order valence-electron chi connectivity index (χ3n) is 2.24. The van der Waals surface area contributed by atoms with Crippen molar-refractivity contribution in [3.05, 3.63) is 0 Å². The Kier molecular flexibility index (Phi) is 6.57. The Bertz CT molecular complexity index is 267. The van der Waals surface area contributed by atoms with Gasteiger partial charge >= 0.3 is 12.0 Å². The second kappa shape index (κ2) is 7.11. The molecule has 0 spiro atoms. The van der Waals surface area contributed by atoms with Crippen molar-refractivity contribution in [2.75, 3.05) is 20.6 Å². The van der Waals surface area contributed by atoms with Crippen LogP contribution in [-0.2, 0) is 4.79 Å². The summed E-state index contributed by atoms with van der Waals surface area (Å²) in [6.45, 7) is 6.07. The lowest BCUT2D eigenvalue weighted by Crippen LogP contribution is -2.51. The van der Waals surface area contributed by atoms with Crippen LogP contribution < -0.4 is 10.6 Å². The summed E-state index contributed by atoms with van der Waals surface area (Å²) in [6.07, 6.45) is 0. The second-order valence-electron chi connectivity index (χ2n) is 4.84. The van der Waals surface area contributed by atoms with Crippen molar-refractivity contribution < 1.29 is 14.7 Å². The van der Waals surface area contributed by atoms with Crippen LogP contribution in [0.15, 0.2) is 0 Å². The minimum Gasteiger partial charge on any atom is -0.480 e. The molecule has 0 bridgehead atoms. The fourth-order valence-electron chi connectivity index (χ4n) is 1.51. The zero-order valence-corrected chi connectivity index (χ0v) is 11.2. The van der Waals surface area contributed by atoms with Crippen LogP contribution in [0, 0.1) is 5.92 Å². The molecule has 0 saturated carbocycles. The average molecular weight is 245 g/mol. The molecule has 0 aliphatic rings. The number of carboxylic acid groups (broad SMARTS) is 1. The SMILES string of the molecule is CC(CN(C)C)NC(=O)N[C@H](C(=O)O)C(C)C. The van der Waals surface area contributed by atoms with Gasteiger partial charge in [0.1, 0.15) is 6.04 Å². The summed E-state index contributed by atoms with van der Waals surface area (Å²) >= 11 is 0. The first-order chi connectivity index (χ1) is 7.73. The highest BCUT2D eigenvalue weighted by molar-refractivity contribution is 5.82. The number of amides is 2. The van der Waals surface area contributed by atoms with Crippen molar-refractivity contribution in [3.8, 4) is 0 Å². The molecule has 0 aromatic carbocycles. The predicted octanol–water partition coefficient (Wildman–Crippen LogP) is 0.345. The lowest BCUT2D eigenvalue weighted by molar-refractivity contribution is -0.140. The third kappa shape index (κ3) is 6.78. The standard InChI is InChI=1S/C11H23N3O3/c1-7(2)9(10(15)16)13-11(17)12-8(3)6-14(4)5/h7-9H,6H2,1-5H3,(H,15,16)(H2,12,13,17)/t8?,9-/m0/s1. The van der Waals surface area contributed by atoms with E-state index in [1.54, 1.807) is 13.8 Å². The summed E-state index contributed by atoms with van der Waals surface area (Å²) in [7, 11) is 3.81. The number of rotatable bonds is 6. The zero-order valence-electron chi connectivity index (χ0n) is 11.2. The summed E-state index contributed by atoms with van der Waals surface area (Å²) < 4.78 is 0. The summed E-state index contributed by atoms with van der Waals surface area (Å²) in [5.41, 5.74) is 0. The molecule has 2 atom stereocenters. The Hall–Kier alpha value is -1.30. The number of carbonyl (C=O) groups excluding carboxylic acids is 1. The molecule has 0 heterocycles. The fourth-order valence-corrected chi connectivity index (χ4v) is 1.51. The van der Waals surface area contributed by atoms with E-state index in [1.807, 2.05) is 25.9 Å². The Morgan fingerprint density at radius 2 is 1.71 bits per heavy atom. The van der Waals surface area contributed by atoms with Crippen LogP contribution in [0.1, 0.15) is 20.8 Å². The lowest BCUT2D eigenvalue weighted by atomic mass is 10.1. The number of hydrogen-bond donors (Lipinski definition) is 3. The Labute approximate surface area is 102 Å². The molecule has 3 N–H and O–H groups in total. The van der Waals surface area contributed by atoms with E-state index in [9.17, 15) is 9.59 Å². The molecule has 100 valence electrons. The quantitative estimate of drug-likeness (QED) is 0.630. The number of nitrogens with one attached hydrogen (secondary N) is 2. The maximum absolute atomic E-state index is 11.6. The Morgan fingerprint density at radius 3 is 2.06 bits per heavy atom. The molecule has 6 heteroatoms. The molecule has 0 radical (unpaired) electrons. The van der Waals surface area contributed by atoms with Gasteiger partial charge in [-0.15, -0.1) is 0 Å². The van der Waals surface area contributed by atoms with Crippen molar-refractivity contribution in [1.29, 1.82) is 0 Å². The summed E-state index contributed by atoms with van der Waals surface area (Å²) in [6, 6.07) is -1.34. The Morgan fingerprint density at radius 1 is 1.18 bits per heavy atom. The average Bonchev–Trinajstić information content (AvgIpc) is 2.11. The van der Waals surface area contributed by atoms with Gasteiger partial charge in [0.25, 0.3) is 0 Å². The van der Waals surface area contributed by atoms with E-state index in [1.165, 1.54) is 0 Å². The number of urea groups is 1. The number of hydrogen-bond acceptors (Lipinski definition) is 3. The van der Waals surface area contributed by atoms with E-state index >= 15 is 0 Å². The lowest BCUT2D eigenvalue weighted by Gasteiger charge is -2.22. The molecule has 0 aromatic rings. The van der Waals surface area contributed by atoms with E-state index in [0.29, 0.717) is 6.54 Å². The van der Waals surface area contributed by atoms with E-state index in [0.717, 1.165) is 0 Å². The number of likely N-dealkylation sites (N-methyl/N-ethyl adjacent to an activating group) is 1. The maximum Gasteiger partial charge on any atom is 0.326 e. The molecule has 0 saturated heterocycles. The van der Waals surface area contributed by atoms with Gasteiger partial charge in [-0.2, -0.15) is 0 Å². The van der Waals surface area contributed by atoms with Crippen molar-refractivity contribution >= 4 is 12.0 Å². The van der Waals surface area contributed by atoms with Gasteiger partial charge in [-0.05, 0) is 26.9 Å². The van der Waals surface area contributed by atoms with Gasteiger partial charge in [-0.1, -0.05) is 13.8 Å². The smallest absolute Gasteiger partial charge is 0.326 e. The first-order valence-electron chi connectivity index (χ1n) is 5.68. The number of carboxylic acids is 1. The first kappa shape index (κ1) is 15.7. The molecule has 1 unspecified atom stereocenters. The number of aliphatic carboxylic acids is 1. The van der Waals surface area contributed by atoms with E-state index < -0.39 is 18.0 Å². The predicted molar refractivity (Wildman–Crippen MR) is 65.9 cm³/mol. The highest BCUT2D eigenvalue weighted by Crippen LogP contribution is 2.01. The van der Waals surface area contributed by atoms with Gasteiger partial charge in [0.05, 0.1) is 0 Å². The molecule has 0 aromatic heterocycles. The van der Waals surface area contributed by atoms with Gasteiger partial charge < -0.3 is 20.6 Å². The van der Waals surface area contributed by atoms with Gasteiger partial charge in [-0.25, -0.2) is 9.59 Å². The largest absolute Gasteiger partial charge is 0.480 e. The topological polar surface area (TPSA) is 81.7 Å². The second-order valence-corrected chi connectivity index (χ2v) is 4.84. The highest BCUT2D eigenvalue weighted by atomic mass is 16.4. The molecule has 0 aliphatic carbocycles. The molecule has 17 heavy (non-hydrogen) atoms. The summed E-state index contributed by atoms with van der Waals surface area (Å²) in [4.78, 5) is 24.4. The minimum absolute atomic E-state index is 0.0355. The third-order valence-corrected chi connectivity index (χ3v) is 2.24. The van der Waals surface area contributed by atoms with Crippen LogP contribution in [-0.4, -0.2) is 54.7 Å². The molecular weight excluding hydrogens is 222 g/mol. The Balaban J connectivity index is 4.19. The normalized spacial score (nSPS) is 14.5. The minimum atomic E-state index is -1.02. The van der Waals surface area contributed by atoms with Crippen LogP contribution in [0.3, 0.4) is 0 Å². The van der Waals surface area contributed by atoms with E-state index in [-0.39, 0.29) is 12.0 Å². The van der Waals surface area contributed by atoms with Crippen LogP contribution >= 0.6 is 0 Å². The fraction of sp³-hybridized carbons (Fsp3) is 0.818. The van der Waals surface area contributed by atoms with Crippen LogP contribution in [0.4, 0.5) is 4.79 Å². The molecular formula is C11H23N3O3. The van der Waals surface area contributed by atoms with Gasteiger partial charge in [0.15, 0.2) is 0 Å². The van der Waals surface area contributed by atoms with Crippen molar-refractivity contribution in [2.24, 2.45) is 5.92 Å². The van der Waals surface area contributed by atoms with Crippen molar-refractivity contribution in [2.45, 2.75) is 32.9 Å². The first-order valence-corrected chi connectivity index (χ1v) is 5.68. The number of carbonyl (C=O) groups is 2.